The second-order valence-electron chi connectivity index (χ2n) is 8.23. The first-order valence-electron chi connectivity index (χ1n) is 9.05. The Kier molecular flexibility index (Phi) is 6.34. The zero-order valence-electron chi connectivity index (χ0n) is 16.2. The number of nitrogens with zero attached hydrogens (tertiary/aromatic N) is 1. The minimum atomic E-state index is -1.73. The predicted octanol–water partition coefficient (Wildman–Crippen LogP) is 3.89. The van der Waals surface area contributed by atoms with Crippen molar-refractivity contribution in [2.45, 2.75) is 51.9 Å². The monoisotopic (exact) mass is 350 g/mol. The van der Waals surface area contributed by atoms with Crippen LogP contribution in [0.4, 0.5) is 5.69 Å². The van der Waals surface area contributed by atoms with Crippen LogP contribution in [0.2, 0.25) is 18.1 Å². The maximum Gasteiger partial charge on any atom is 0.192 e. The van der Waals surface area contributed by atoms with Crippen LogP contribution < -0.4 is 15.0 Å². The number of rotatable bonds is 6. The second kappa shape index (κ2) is 7.89. The van der Waals surface area contributed by atoms with Gasteiger partial charge in [-0.2, -0.15) is 0 Å². The van der Waals surface area contributed by atoms with E-state index in [-0.39, 0.29) is 11.1 Å². The van der Waals surface area contributed by atoms with Gasteiger partial charge in [0.15, 0.2) is 8.32 Å². The highest BCUT2D eigenvalue weighted by Gasteiger charge is 2.38. The lowest BCUT2D eigenvalue weighted by Gasteiger charge is -2.38. The van der Waals surface area contributed by atoms with Gasteiger partial charge in [0.1, 0.15) is 12.4 Å². The molecule has 1 atom stereocenters. The summed E-state index contributed by atoms with van der Waals surface area (Å²) in [5, 5.41) is 3.61. The molecule has 0 amide bonds. The van der Waals surface area contributed by atoms with Crippen molar-refractivity contribution in [2.75, 3.05) is 37.7 Å². The third-order valence-corrected chi connectivity index (χ3v) is 9.71. The van der Waals surface area contributed by atoms with E-state index >= 15 is 0 Å². The van der Waals surface area contributed by atoms with Gasteiger partial charge < -0.3 is 19.4 Å². The molecule has 1 unspecified atom stereocenters. The van der Waals surface area contributed by atoms with Gasteiger partial charge in [0.25, 0.3) is 0 Å². The SMILES string of the molecule is CC(COc1ccc(N2CCNCC2)cc1)O[Si](C)(C)C(C)(C)C. The Morgan fingerprint density at radius 3 is 2.25 bits per heavy atom. The van der Waals surface area contributed by atoms with E-state index in [1.807, 2.05) is 0 Å². The standard InChI is InChI=1S/C19H34N2O2Si/c1-16(23-24(5,6)19(2,3)4)15-22-18-9-7-17(8-10-18)21-13-11-20-12-14-21/h7-10,16,20H,11-15H2,1-6H3. The van der Waals surface area contributed by atoms with Gasteiger partial charge in [-0.3, -0.25) is 0 Å². The highest BCUT2D eigenvalue weighted by molar-refractivity contribution is 6.74. The molecule has 2 rings (SSSR count). The summed E-state index contributed by atoms with van der Waals surface area (Å²) >= 11 is 0. The van der Waals surface area contributed by atoms with Gasteiger partial charge >= 0.3 is 0 Å². The Morgan fingerprint density at radius 1 is 1.12 bits per heavy atom. The molecule has 0 saturated carbocycles. The van der Waals surface area contributed by atoms with Gasteiger partial charge in [-0.1, -0.05) is 20.8 Å². The molecule has 24 heavy (non-hydrogen) atoms. The molecule has 0 spiro atoms. The summed E-state index contributed by atoms with van der Waals surface area (Å²) in [5.74, 6) is 0.916. The van der Waals surface area contributed by atoms with Crippen molar-refractivity contribution < 1.29 is 9.16 Å². The lowest BCUT2D eigenvalue weighted by molar-refractivity contribution is 0.129. The first-order chi connectivity index (χ1) is 11.2. The molecule has 0 aliphatic carbocycles. The summed E-state index contributed by atoms with van der Waals surface area (Å²) in [6.07, 6.45) is 0.110. The molecule has 0 bridgehead atoms. The Balaban J connectivity index is 1.83. The number of anilines is 1. The number of nitrogens with one attached hydrogen (secondary N) is 1. The third kappa shape index (κ3) is 5.23. The number of piperazine rings is 1. The molecule has 1 aromatic rings. The van der Waals surface area contributed by atoms with E-state index < -0.39 is 8.32 Å². The molecule has 0 aromatic heterocycles. The maximum absolute atomic E-state index is 6.34. The minimum absolute atomic E-state index is 0.110. The van der Waals surface area contributed by atoms with Crippen LogP contribution in [0.5, 0.6) is 5.75 Å². The van der Waals surface area contributed by atoms with E-state index in [0.29, 0.717) is 6.61 Å². The number of ether oxygens (including phenoxy) is 1. The van der Waals surface area contributed by atoms with E-state index in [9.17, 15) is 0 Å². The van der Waals surface area contributed by atoms with Crippen molar-refractivity contribution in [3.8, 4) is 5.75 Å². The number of hydrogen-bond donors (Lipinski definition) is 1. The van der Waals surface area contributed by atoms with Gasteiger partial charge in [0, 0.05) is 31.9 Å². The fourth-order valence-corrected chi connectivity index (χ4v) is 4.03. The molecule has 1 aromatic carbocycles. The average molecular weight is 351 g/mol. The number of hydrogen-bond acceptors (Lipinski definition) is 4. The first-order valence-corrected chi connectivity index (χ1v) is 12.0. The van der Waals surface area contributed by atoms with Crippen LogP contribution in [-0.2, 0) is 4.43 Å². The zero-order chi connectivity index (χ0) is 17.8. The summed E-state index contributed by atoms with van der Waals surface area (Å²) in [4.78, 5) is 2.41. The molecule has 1 saturated heterocycles. The van der Waals surface area contributed by atoms with E-state index in [0.717, 1.165) is 31.9 Å². The molecule has 0 radical (unpaired) electrons. The van der Waals surface area contributed by atoms with Crippen LogP contribution in [-0.4, -0.2) is 47.2 Å². The molecular weight excluding hydrogens is 316 g/mol. The molecule has 1 aliphatic heterocycles. The average Bonchev–Trinajstić information content (AvgIpc) is 2.53. The predicted molar refractivity (Wildman–Crippen MR) is 105 cm³/mol. The summed E-state index contributed by atoms with van der Waals surface area (Å²) in [5.41, 5.74) is 1.27. The largest absolute Gasteiger partial charge is 0.491 e. The smallest absolute Gasteiger partial charge is 0.192 e. The highest BCUT2D eigenvalue weighted by atomic mass is 28.4. The summed E-state index contributed by atoms with van der Waals surface area (Å²) in [6, 6.07) is 8.44. The first kappa shape index (κ1) is 19.3. The fraction of sp³-hybridized carbons (Fsp3) is 0.684. The van der Waals surface area contributed by atoms with Gasteiger partial charge in [0.2, 0.25) is 0 Å². The summed E-state index contributed by atoms with van der Waals surface area (Å²) in [7, 11) is -1.73. The maximum atomic E-state index is 6.34. The van der Waals surface area contributed by atoms with E-state index in [1.165, 1.54) is 5.69 Å². The van der Waals surface area contributed by atoms with Crippen molar-refractivity contribution in [3.05, 3.63) is 24.3 Å². The van der Waals surface area contributed by atoms with Crippen molar-refractivity contribution in [1.82, 2.24) is 5.32 Å². The molecule has 136 valence electrons. The fourth-order valence-electron chi connectivity index (χ4n) is 2.60. The summed E-state index contributed by atoms with van der Waals surface area (Å²) < 4.78 is 12.3. The van der Waals surface area contributed by atoms with Crippen molar-refractivity contribution in [1.29, 1.82) is 0 Å². The highest BCUT2D eigenvalue weighted by Crippen LogP contribution is 2.37. The molecule has 5 heteroatoms. The van der Waals surface area contributed by atoms with Gasteiger partial charge in [-0.25, -0.2) is 0 Å². The number of benzene rings is 1. The van der Waals surface area contributed by atoms with Crippen LogP contribution in [0.15, 0.2) is 24.3 Å². The molecular formula is C19H34N2O2Si. The normalized spacial score (nSPS) is 17.7. The van der Waals surface area contributed by atoms with E-state index in [2.05, 4.69) is 75.3 Å². The van der Waals surface area contributed by atoms with Crippen LogP contribution in [0, 0.1) is 0 Å². The molecule has 1 fully saturated rings. The quantitative estimate of drug-likeness (QED) is 0.789. The summed E-state index contributed by atoms with van der Waals surface area (Å²) in [6.45, 7) is 18.3. The van der Waals surface area contributed by atoms with Crippen LogP contribution in [0.25, 0.3) is 0 Å². The Hall–Kier alpha value is -1.04. The van der Waals surface area contributed by atoms with Crippen LogP contribution >= 0.6 is 0 Å². The lowest BCUT2D eigenvalue weighted by Crippen LogP contribution is -2.44. The van der Waals surface area contributed by atoms with Crippen LogP contribution in [0.1, 0.15) is 27.7 Å². The topological polar surface area (TPSA) is 33.7 Å². The van der Waals surface area contributed by atoms with Gasteiger partial charge in [-0.15, -0.1) is 0 Å². The van der Waals surface area contributed by atoms with Crippen molar-refractivity contribution >= 4 is 14.0 Å². The molecule has 1 aliphatic rings. The van der Waals surface area contributed by atoms with Crippen molar-refractivity contribution in [2.24, 2.45) is 0 Å². The lowest BCUT2D eigenvalue weighted by atomic mass is 10.2. The minimum Gasteiger partial charge on any atom is -0.491 e. The molecule has 1 N–H and O–H groups in total. The third-order valence-electron chi connectivity index (χ3n) is 5.11. The molecule has 1 heterocycles. The van der Waals surface area contributed by atoms with Crippen LogP contribution in [0.3, 0.4) is 0 Å². The Morgan fingerprint density at radius 2 is 1.71 bits per heavy atom. The molecule has 4 nitrogen and oxygen atoms in total. The van der Waals surface area contributed by atoms with E-state index in [4.69, 9.17) is 9.16 Å². The Labute approximate surface area is 148 Å². The van der Waals surface area contributed by atoms with E-state index in [1.54, 1.807) is 0 Å². The second-order valence-corrected chi connectivity index (χ2v) is 13.0. The Bertz CT molecular complexity index is 505. The van der Waals surface area contributed by atoms with Crippen molar-refractivity contribution in [3.63, 3.8) is 0 Å². The zero-order valence-corrected chi connectivity index (χ0v) is 17.2. The van der Waals surface area contributed by atoms with Gasteiger partial charge in [-0.05, 0) is 49.3 Å². The van der Waals surface area contributed by atoms with Gasteiger partial charge in [0.05, 0.1) is 6.10 Å².